The summed E-state index contributed by atoms with van der Waals surface area (Å²) in [5, 5.41) is 9.55. The SMILES string of the molecule is CC(C)(O)c1cc(F)c(S(C)(=O)=O)c(F)c1. The zero-order valence-electron chi connectivity index (χ0n) is 9.08. The van der Waals surface area contributed by atoms with Gasteiger partial charge in [0, 0.05) is 6.26 Å². The molecule has 0 aliphatic heterocycles. The van der Waals surface area contributed by atoms with E-state index in [9.17, 15) is 22.3 Å². The van der Waals surface area contributed by atoms with Crippen molar-refractivity contribution in [1.82, 2.24) is 0 Å². The monoisotopic (exact) mass is 250 g/mol. The highest BCUT2D eigenvalue weighted by Gasteiger charge is 2.25. The average molecular weight is 250 g/mol. The molecule has 0 aromatic heterocycles. The van der Waals surface area contributed by atoms with Crippen molar-refractivity contribution in [3.05, 3.63) is 29.3 Å². The van der Waals surface area contributed by atoms with Crippen LogP contribution in [0.5, 0.6) is 0 Å². The Kier molecular flexibility index (Phi) is 3.08. The molecule has 1 N–H and O–H groups in total. The Morgan fingerprint density at radius 1 is 1.19 bits per heavy atom. The van der Waals surface area contributed by atoms with Gasteiger partial charge in [-0.05, 0) is 31.5 Å². The molecule has 0 aliphatic carbocycles. The smallest absolute Gasteiger partial charge is 0.181 e. The maximum atomic E-state index is 13.4. The van der Waals surface area contributed by atoms with E-state index in [1.807, 2.05) is 0 Å². The molecule has 0 bridgehead atoms. The summed E-state index contributed by atoms with van der Waals surface area (Å²) in [6.45, 7) is 2.70. The van der Waals surface area contributed by atoms with Crippen LogP contribution in [0.15, 0.2) is 17.0 Å². The topological polar surface area (TPSA) is 54.4 Å². The summed E-state index contributed by atoms with van der Waals surface area (Å²) in [5.41, 5.74) is -1.45. The highest BCUT2D eigenvalue weighted by molar-refractivity contribution is 7.90. The fraction of sp³-hybridized carbons (Fsp3) is 0.400. The maximum absolute atomic E-state index is 13.4. The first kappa shape index (κ1) is 13.1. The number of sulfone groups is 1. The zero-order chi connectivity index (χ0) is 12.7. The van der Waals surface area contributed by atoms with Gasteiger partial charge in [0.1, 0.15) is 16.5 Å². The van der Waals surface area contributed by atoms with E-state index >= 15 is 0 Å². The van der Waals surface area contributed by atoms with Gasteiger partial charge in [-0.2, -0.15) is 0 Å². The van der Waals surface area contributed by atoms with Crippen molar-refractivity contribution in [3.63, 3.8) is 0 Å². The van der Waals surface area contributed by atoms with Crippen LogP contribution in [-0.4, -0.2) is 19.8 Å². The molecule has 0 saturated carbocycles. The summed E-state index contributed by atoms with van der Waals surface area (Å²) >= 11 is 0. The van der Waals surface area contributed by atoms with Crippen LogP contribution in [0.2, 0.25) is 0 Å². The molecule has 16 heavy (non-hydrogen) atoms. The van der Waals surface area contributed by atoms with Gasteiger partial charge in [-0.15, -0.1) is 0 Å². The summed E-state index contributed by atoms with van der Waals surface area (Å²) in [6.07, 6.45) is 0.720. The lowest BCUT2D eigenvalue weighted by Crippen LogP contribution is -2.17. The van der Waals surface area contributed by atoms with Gasteiger partial charge in [0.05, 0.1) is 5.60 Å². The highest BCUT2D eigenvalue weighted by atomic mass is 32.2. The zero-order valence-corrected chi connectivity index (χ0v) is 9.90. The Labute approximate surface area is 92.6 Å². The second-order valence-corrected chi connectivity index (χ2v) is 6.05. The Bertz CT molecular complexity index is 492. The summed E-state index contributed by atoms with van der Waals surface area (Å²) in [7, 11) is -3.96. The first-order valence-electron chi connectivity index (χ1n) is 4.45. The van der Waals surface area contributed by atoms with Crippen molar-refractivity contribution < 1.29 is 22.3 Å². The van der Waals surface area contributed by atoms with Gasteiger partial charge in [0.15, 0.2) is 9.84 Å². The van der Waals surface area contributed by atoms with E-state index in [0.717, 1.165) is 18.4 Å². The van der Waals surface area contributed by atoms with E-state index in [1.165, 1.54) is 13.8 Å². The van der Waals surface area contributed by atoms with Crippen LogP contribution in [0.4, 0.5) is 8.78 Å². The third kappa shape index (κ3) is 2.56. The lowest BCUT2D eigenvalue weighted by Gasteiger charge is -2.18. The molecule has 0 unspecified atom stereocenters. The molecule has 3 nitrogen and oxygen atoms in total. The molecular formula is C10H12F2O3S. The third-order valence-corrected chi connectivity index (χ3v) is 3.21. The van der Waals surface area contributed by atoms with Crippen LogP contribution in [0.3, 0.4) is 0 Å². The molecule has 0 amide bonds. The predicted molar refractivity (Wildman–Crippen MR) is 54.7 cm³/mol. The van der Waals surface area contributed by atoms with E-state index in [4.69, 9.17) is 0 Å². The van der Waals surface area contributed by atoms with Crippen LogP contribution in [0.25, 0.3) is 0 Å². The van der Waals surface area contributed by atoms with Crippen molar-refractivity contribution >= 4 is 9.84 Å². The first-order valence-corrected chi connectivity index (χ1v) is 6.34. The maximum Gasteiger partial charge on any atom is 0.181 e. The molecule has 0 heterocycles. The van der Waals surface area contributed by atoms with Gasteiger partial charge in [-0.25, -0.2) is 17.2 Å². The highest BCUT2D eigenvalue weighted by Crippen LogP contribution is 2.26. The van der Waals surface area contributed by atoms with Crippen LogP contribution >= 0.6 is 0 Å². The van der Waals surface area contributed by atoms with E-state index < -0.39 is 32.0 Å². The largest absolute Gasteiger partial charge is 0.386 e. The van der Waals surface area contributed by atoms with Crippen LogP contribution in [0.1, 0.15) is 19.4 Å². The summed E-state index contributed by atoms with van der Waals surface area (Å²) in [6, 6.07) is 1.64. The third-order valence-electron chi connectivity index (χ3n) is 2.08. The number of halogens is 2. The van der Waals surface area contributed by atoms with Gasteiger partial charge >= 0.3 is 0 Å². The predicted octanol–water partition coefficient (Wildman–Crippen LogP) is 1.60. The number of aliphatic hydroxyl groups is 1. The molecule has 1 rings (SSSR count). The quantitative estimate of drug-likeness (QED) is 0.867. The van der Waals surface area contributed by atoms with Gasteiger partial charge in [-0.3, -0.25) is 0 Å². The fourth-order valence-corrected chi connectivity index (χ4v) is 2.09. The average Bonchev–Trinajstić information content (AvgIpc) is 1.97. The molecule has 0 aliphatic rings. The second kappa shape index (κ2) is 3.78. The molecule has 6 heteroatoms. The lowest BCUT2D eigenvalue weighted by molar-refractivity contribution is 0.0776. The van der Waals surface area contributed by atoms with Crippen molar-refractivity contribution in [2.45, 2.75) is 24.3 Å². The standard InChI is InChI=1S/C10H12F2O3S/c1-10(2,13)6-4-7(11)9(8(12)5-6)16(3,14)15/h4-5,13H,1-3H3. The summed E-state index contributed by atoms with van der Waals surface area (Å²) in [5.74, 6) is -2.39. The molecule has 1 aromatic rings. The van der Waals surface area contributed by atoms with Gasteiger partial charge in [0.25, 0.3) is 0 Å². The van der Waals surface area contributed by atoms with Crippen molar-refractivity contribution in [3.8, 4) is 0 Å². The summed E-state index contributed by atoms with van der Waals surface area (Å²) < 4.78 is 49.0. The second-order valence-electron chi connectivity index (χ2n) is 4.10. The molecule has 0 spiro atoms. The minimum absolute atomic E-state index is 0.0186. The Morgan fingerprint density at radius 3 is 1.81 bits per heavy atom. The van der Waals surface area contributed by atoms with Gasteiger partial charge in [0.2, 0.25) is 0 Å². The molecular weight excluding hydrogens is 238 g/mol. The van der Waals surface area contributed by atoms with Crippen LogP contribution < -0.4 is 0 Å². The Balaban J connectivity index is 3.53. The minimum atomic E-state index is -3.96. The molecule has 1 aromatic carbocycles. The van der Waals surface area contributed by atoms with E-state index in [1.54, 1.807) is 0 Å². The minimum Gasteiger partial charge on any atom is -0.386 e. The summed E-state index contributed by atoms with van der Waals surface area (Å²) in [4.78, 5) is -0.972. The molecule has 0 saturated heterocycles. The van der Waals surface area contributed by atoms with E-state index in [0.29, 0.717) is 0 Å². The fourth-order valence-electron chi connectivity index (χ4n) is 1.27. The number of hydrogen-bond donors (Lipinski definition) is 1. The van der Waals surface area contributed by atoms with Gasteiger partial charge in [-0.1, -0.05) is 0 Å². The molecule has 0 atom stereocenters. The van der Waals surface area contributed by atoms with Crippen molar-refractivity contribution in [2.24, 2.45) is 0 Å². The Morgan fingerprint density at radius 2 is 1.56 bits per heavy atom. The number of hydrogen-bond acceptors (Lipinski definition) is 3. The van der Waals surface area contributed by atoms with Crippen molar-refractivity contribution in [2.75, 3.05) is 6.26 Å². The Hall–Kier alpha value is -1.01. The first-order chi connectivity index (χ1) is 7.03. The molecule has 0 fully saturated rings. The van der Waals surface area contributed by atoms with Crippen molar-refractivity contribution in [1.29, 1.82) is 0 Å². The lowest BCUT2D eigenvalue weighted by atomic mass is 9.98. The molecule has 90 valence electrons. The van der Waals surface area contributed by atoms with E-state index in [2.05, 4.69) is 0 Å². The van der Waals surface area contributed by atoms with Gasteiger partial charge < -0.3 is 5.11 Å². The van der Waals surface area contributed by atoms with Crippen LogP contribution in [-0.2, 0) is 15.4 Å². The normalized spacial score (nSPS) is 12.9. The number of rotatable bonds is 2. The van der Waals surface area contributed by atoms with E-state index in [-0.39, 0.29) is 5.56 Å². The van der Waals surface area contributed by atoms with Crippen LogP contribution in [0, 0.1) is 11.6 Å². The molecule has 0 radical (unpaired) electrons. The number of benzene rings is 1.